The van der Waals surface area contributed by atoms with Gasteiger partial charge in [-0.3, -0.25) is 4.79 Å². The number of anilines is 3. The molecule has 0 saturated carbocycles. The lowest BCUT2D eigenvalue weighted by atomic mass is 10.1. The normalized spacial score (nSPS) is 14.7. The summed E-state index contributed by atoms with van der Waals surface area (Å²) in [5.74, 6) is 0.348. The number of carbonyl (C=O) groups is 1. The van der Waals surface area contributed by atoms with Gasteiger partial charge in [0.15, 0.2) is 8.32 Å². The Bertz CT molecular complexity index is 1360. The smallest absolute Gasteiger partial charge is 0.255 e. The Morgan fingerprint density at radius 2 is 1.45 bits per heavy atom. The predicted octanol–water partition coefficient (Wildman–Crippen LogP) is 6.88. The zero-order valence-corrected chi connectivity index (χ0v) is 26.2. The summed E-state index contributed by atoms with van der Waals surface area (Å²) in [4.78, 5) is 17.5. The number of nitriles is 1. The van der Waals surface area contributed by atoms with Crippen LogP contribution in [0, 0.1) is 11.3 Å². The van der Waals surface area contributed by atoms with E-state index in [2.05, 4.69) is 55.1 Å². The van der Waals surface area contributed by atoms with Crippen LogP contribution in [0.4, 0.5) is 21.5 Å². The molecule has 1 N–H and O–H groups in total. The van der Waals surface area contributed by atoms with Crippen molar-refractivity contribution in [3.8, 4) is 11.8 Å². The summed E-state index contributed by atoms with van der Waals surface area (Å²) in [5, 5.41) is 11.9. The van der Waals surface area contributed by atoms with Crippen molar-refractivity contribution in [2.45, 2.75) is 45.0 Å². The number of nitrogens with zero attached hydrogens (tertiary/aromatic N) is 3. The number of halogens is 1. The van der Waals surface area contributed by atoms with Crippen LogP contribution in [-0.4, -0.2) is 59.8 Å². The summed E-state index contributed by atoms with van der Waals surface area (Å²) in [5.41, 5.74) is 4.13. The average molecular weight is 589 g/mol. The van der Waals surface area contributed by atoms with E-state index in [0.717, 1.165) is 37.6 Å². The molecule has 1 aliphatic rings. The third-order valence-corrected chi connectivity index (χ3v) is 12.7. The van der Waals surface area contributed by atoms with Crippen LogP contribution in [0.5, 0.6) is 5.75 Å². The second kappa shape index (κ2) is 13.4. The predicted molar refractivity (Wildman–Crippen MR) is 170 cm³/mol. The van der Waals surface area contributed by atoms with E-state index < -0.39 is 21.1 Å². The molecule has 0 spiro atoms. The molecule has 0 bridgehead atoms. The van der Waals surface area contributed by atoms with Gasteiger partial charge in [0.1, 0.15) is 25.1 Å². The number of hydrogen-bond donors (Lipinski definition) is 1. The van der Waals surface area contributed by atoms with Crippen LogP contribution in [0.2, 0.25) is 18.1 Å². The van der Waals surface area contributed by atoms with Gasteiger partial charge in [0.05, 0.1) is 11.6 Å². The minimum atomic E-state index is -2.11. The quantitative estimate of drug-likeness (QED) is 0.260. The highest BCUT2D eigenvalue weighted by molar-refractivity contribution is 6.74. The van der Waals surface area contributed by atoms with Gasteiger partial charge in [0.2, 0.25) is 0 Å². The second-order valence-electron chi connectivity index (χ2n) is 12.1. The van der Waals surface area contributed by atoms with Crippen molar-refractivity contribution in [3.05, 3.63) is 83.9 Å². The number of rotatable bonds is 10. The molecule has 0 aliphatic carbocycles. The molecule has 1 heterocycles. The molecule has 1 saturated heterocycles. The van der Waals surface area contributed by atoms with Gasteiger partial charge in [-0.05, 0) is 90.9 Å². The van der Waals surface area contributed by atoms with Crippen molar-refractivity contribution in [3.63, 3.8) is 0 Å². The van der Waals surface area contributed by atoms with Gasteiger partial charge in [-0.1, -0.05) is 20.8 Å². The Labute approximate surface area is 250 Å². The number of ether oxygens (including phenoxy) is 1. The lowest BCUT2D eigenvalue weighted by Gasteiger charge is -2.38. The maximum absolute atomic E-state index is 13.6. The van der Waals surface area contributed by atoms with Gasteiger partial charge in [-0.15, -0.1) is 0 Å². The monoisotopic (exact) mass is 588 g/mol. The number of carbonyl (C=O) groups excluding carboxylic acids is 1. The molecule has 4 rings (SSSR count). The zero-order valence-electron chi connectivity index (χ0n) is 25.2. The minimum Gasteiger partial charge on any atom is -0.491 e. The maximum Gasteiger partial charge on any atom is 0.255 e. The molecule has 1 amide bonds. The summed E-state index contributed by atoms with van der Waals surface area (Å²) < 4.78 is 25.6. The molecule has 0 radical (unpaired) electrons. The highest BCUT2D eigenvalue weighted by atomic mass is 28.4. The Morgan fingerprint density at radius 1 is 0.929 bits per heavy atom. The van der Waals surface area contributed by atoms with Crippen LogP contribution >= 0.6 is 0 Å². The first-order valence-electron chi connectivity index (χ1n) is 14.4. The fraction of sp³-hybridized carbons (Fsp3) is 0.394. The van der Waals surface area contributed by atoms with E-state index in [1.54, 1.807) is 24.3 Å². The van der Waals surface area contributed by atoms with Crippen LogP contribution in [0.25, 0.3) is 0 Å². The first-order valence-corrected chi connectivity index (χ1v) is 17.3. The number of benzene rings is 3. The highest BCUT2D eigenvalue weighted by Gasteiger charge is 2.39. The highest BCUT2D eigenvalue weighted by Crippen LogP contribution is 2.37. The Kier molecular flexibility index (Phi) is 9.92. The first kappa shape index (κ1) is 31.1. The molecular weight excluding hydrogens is 547 g/mol. The standard InChI is InChI=1S/C33H41FN4O3Si/c1-33(2,3)42(4,5)41-31(22-34)24-40-30-16-8-26(9-17-30)32(39)36-27-10-14-29(15-11-27)38-20-18-37(19-21-38)28-12-6-25(23-35)7-13-28/h6-17,31H,18-22,24H2,1-5H3,(H,36,39)/t31-/m0/s1. The largest absolute Gasteiger partial charge is 0.491 e. The first-order chi connectivity index (χ1) is 20.0. The summed E-state index contributed by atoms with van der Waals surface area (Å²) in [7, 11) is -2.11. The fourth-order valence-corrected chi connectivity index (χ4v) is 5.84. The Morgan fingerprint density at radius 3 is 1.93 bits per heavy atom. The van der Waals surface area contributed by atoms with Crippen molar-refractivity contribution in [1.29, 1.82) is 5.26 Å². The van der Waals surface area contributed by atoms with Crippen molar-refractivity contribution in [2.24, 2.45) is 0 Å². The SMILES string of the molecule is CC(C)(C)[Si](C)(C)O[C@@H](CF)COc1ccc(C(=O)Nc2ccc(N3CCN(c4ccc(C#N)cc4)CC3)cc2)cc1. The average Bonchev–Trinajstić information content (AvgIpc) is 2.99. The lowest BCUT2D eigenvalue weighted by molar-refractivity contribution is 0.0919. The van der Waals surface area contributed by atoms with E-state index in [1.165, 1.54) is 0 Å². The molecule has 9 heteroatoms. The number of piperazine rings is 1. The Hall–Kier alpha value is -3.87. The zero-order chi connectivity index (χ0) is 30.3. The molecule has 3 aromatic carbocycles. The second-order valence-corrected chi connectivity index (χ2v) is 16.9. The summed E-state index contributed by atoms with van der Waals surface area (Å²) in [6, 6.07) is 24.6. The summed E-state index contributed by atoms with van der Waals surface area (Å²) in [6.07, 6.45) is -0.622. The minimum absolute atomic E-state index is 0.0146. The molecular formula is C33H41FN4O3Si. The van der Waals surface area contributed by atoms with Gasteiger partial charge in [0.25, 0.3) is 5.91 Å². The van der Waals surface area contributed by atoms with E-state index in [4.69, 9.17) is 14.4 Å². The van der Waals surface area contributed by atoms with Crippen molar-refractivity contribution >= 4 is 31.3 Å². The van der Waals surface area contributed by atoms with E-state index in [0.29, 0.717) is 22.6 Å². The van der Waals surface area contributed by atoms with Crippen molar-refractivity contribution in [2.75, 3.05) is 54.6 Å². The van der Waals surface area contributed by atoms with E-state index in [9.17, 15) is 9.18 Å². The molecule has 7 nitrogen and oxygen atoms in total. The fourth-order valence-electron chi connectivity index (χ4n) is 4.52. The van der Waals surface area contributed by atoms with E-state index in [-0.39, 0.29) is 17.6 Å². The van der Waals surface area contributed by atoms with Crippen LogP contribution in [-0.2, 0) is 4.43 Å². The van der Waals surface area contributed by atoms with Crippen molar-refractivity contribution in [1.82, 2.24) is 0 Å². The third-order valence-electron chi connectivity index (χ3n) is 8.12. The third kappa shape index (κ3) is 7.90. The van der Waals surface area contributed by atoms with Gasteiger partial charge in [-0.2, -0.15) is 5.26 Å². The summed E-state index contributed by atoms with van der Waals surface area (Å²) in [6.45, 7) is 13.6. The molecule has 42 heavy (non-hydrogen) atoms. The van der Waals surface area contributed by atoms with Crippen molar-refractivity contribution < 1.29 is 18.3 Å². The van der Waals surface area contributed by atoms with Gasteiger partial charge in [-0.25, -0.2) is 4.39 Å². The molecule has 1 aliphatic heterocycles. The Balaban J connectivity index is 1.25. The van der Waals surface area contributed by atoms with E-state index >= 15 is 0 Å². The van der Waals surface area contributed by atoms with Crippen LogP contribution in [0.15, 0.2) is 72.8 Å². The molecule has 1 fully saturated rings. The van der Waals surface area contributed by atoms with Crippen LogP contribution in [0.1, 0.15) is 36.7 Å². The lowest BCUT2D eigenvalue weighted by Crippen LogP contribution is -2.46. The van der Waals surface area contributed by atoms with Crippen LogP contribution < -0.4 is 19.9 Å². The van der Waals surface area contributed by atoms with Crippen LogP contribution in [0.3, 0.4) is 0 Å². The molecule has 0 aromatic heterocycles. The number of nitrogens with one attached hydrogen (secondary N) is 1. The maximum atomic E-state index is 13.6. The molecule has 1 atom stereocenters. The molecule has 0 unspecified atom stereocenters. The number of hydrogen-bond acceptors (Lipinski definition) is 6. The number of amides is 1. The van der Waals surface area contributed by atoms with Gasteiger partial charge < -0.3 is 24.3 Å². The van der Waals surface area contributed by atoms with Gasteiger partial charge >= 0.3 is 0 Å². The summed E-state index contributed by atoms with van der Waals surface area (Å²) >= 11 is 0. The van der Waals surface area contributed by atoms with Gasteiger partial charge in [0, 0.05) is 48.8 Å². The topological polar surface area (TPSA) is 77.8 Å². The molecule has 3 aromatic rings. The number of alkyl halides is 1. The molecule has 222 valence electrons. The van der Waals surface area contributed by atoms with E-state index in [1.807, 2.05) is 48.5 Å².